The van der Waals surface area contributed by atoms with E-state index in [0.29, 0.717) is 36.8 Å². The number of pyridine rings is 1. The van der Waals surface area contributed by atoms with Gasteiger partial charge in [0.25, 0.3) is 5.91 Å². The first-order valence-electron chi connectivity index (χ1n) is 13.1. The molecular formula is C26H33FN6O3. The average molecular weight is 497 g/mol. The highest BCUT2D eigenvalue weighted by atomic mass is 19.1. The summed E-state index contributed by atoms with van der Waals surface area (Å²) in [6, 6.07) is 3.82. The molecule has 4 aliphatic rings. The van der Waals surface area contributed by atoms with Crippen molar-refractivity contribution in [2.24, 2.45) is 11.8 Å². The minimum atomic E-state index is -0.538. The smallest absolute Gasteiger partial charge is 0.272 e. The Hall–Kier alpha value is -3.01. The third kappa shape index (κ3) is 4.25. The van der Waals surface area contributed by atoms with Crippen LogP contribution in [0.25, 0.3) is 11.3 Å². The lowest BCUT2D eigenvalue weighted by molar-refractivity contribution is -0.128. The van der Waals surface area contributed by atoms with Gasteiger partial charge < -0.3 is 20.3 Å². The molecule has 0 aromatic carbocycles. The molecule has 2 unspecified atom stereocenters. The van der Waals surface area contributed by atoms with Crippen LogP contribution in [-0.4, -0.2) is 69.7 Å². The van der Waals surface area contributed by atoms with Gasteiger partial charge in [0.05, 0.1) is 19.0 Å². The summed E-state index contributed by atoms with van der Waals surface area (Å²) in [4.78, 5) is 32.3. The Kier molecular flexibility index (Phi) is 5.94. The van der Waals surface area contributed by atoms with Crippen molar-refractivity contribution in [1.82, 2.24) is 30.7 Å². The molecule has 1 spiro atoms. The number of amides is 2. The first-order chi connectivity index (χ1) is 17.5. The van der Waals surface area contributed by atoms with Crippen molar-refractivity contribution < 1.29 is 18.7 Å². The van der Waals surface area contributed by atoms with Crippen LogP contribution >= 0.6 is 0 Å². The zero-order valence-electron chi connectivity index (χ0n) is 20.6. The molecule has 0 bridgehead atoms. The number of methoxy groups -OCH3 is 1. The number of halogens is 1. The van der Waals surface area contributed by atoms with E-state index in [1.165, 1.54) is 26.0 Å². The van der Waals surface area contributed by atoms with E-state index in [1.54, 1.807) is 6.07 Å². The molecule has 2 amide bonds. The van der Waals surface area contributed by atoms with Crippen LogP contribution in [0, 0.1) is 17.7 Å². The normalized spacial score (nSPS) is 28.6. The molecule has 10 heteroatoms. The van der Waals surface area contributed by atoms with Crippen LogP contribution in [0.15, 0.2) is 18.3 Å². The maximum atomic E-state index is 14.3. The van der Waals surface area contributed by atoms with E-state index in [4.69, 9.17) is 4.74 Å². The number of piperidine rings is 1. The number of carbonyl (C=O) groups excluding carboxylic acids is 2. The zero-order chi connectivity index (χ0) is 24.9. The molecule has 192 valence electrons. The van der Waals surface area contributed by atoms with E-state index in [-0.39, 0.29) is 40.8 Å². The third-order valence-corrected chi connectivity index (χ3v) is 8.73. The maximum Gasteiger partial charge on any atom is 0.272 e. The number of aromatic nitrogens is 3. The lowest BCUT2D eigenvalue weighted by atomic mass is 9.82. The van der Waals surface area contributed by atoms with Crippen molar-refractivity contribution in [1.29, 1.82) is 0 Å². The zero-order valence-corrected chi connectivity index (χ0v) is 20.6. The molecule has 6 rings (SSSR count). The molecule has 4 fully saturated rings. The second kappa shape index (κ2) is 9.14. The third-order valence-electron chi connectivity index (χ3n) is 8.73. The van der Waals surface area contributed by atoms with Crippen molar-refractivity contribution in [3.63, 3.8) is 0 Å². The number of rotatable bonds is 5. The molecule has 36 heavy (non-hydrogen) atoms. The van der Waals surface area contributed by atoms with Gasteiger partial charge in [-0.25, -0.2) is 9.37 Å². The van der Waals surface area contributed by atoms with Gasteiger partial charge in [-0.05, 0) is 69.9 Å². The molecule has 2 aromatic rings. The van der Waals surface area contributed by atoms with Gasteiger partial charge in [0.1, 0.15) is 5.69 Å². The highest BCUT2D eigenvalue weighted by Crippen LogP contribution is 2.50. The van der Waals surface area contributed by atoms with E-state index in [0.717, 1.165) is 44.3 Å². The summed E-state index contributed by atoms with van der Waals surface area (Å²) in [5.41, 5.74) is 0.589. The summed E-state index contributed by atoms with van der Waals surface area (Å²) < 4.78 is 19.4. The molecule has 2 aromatic heterocycles. The summed E-state index contributed by atoms with van der Waals surface area (Å²) in [5.74, 6) is 0.415. The summed E-state index contributed by atoms with van der Waals surface area (Å²) in [5, 5.41) is 13.9. The molecule has 3 N–H and O–H groups in total. The number of H-pyrrole nitrogens is 1. The number of nitrogens with zero attached hydrogens (tertiary/aromatic N) is 3. The minimum Gasteiger partial charge on any atom is -0.481 e. The molecule has 2 aliphatic heterocycles. The van der Waals surface area contributed by atoms with Gasteiger partial charge in [0.2, 0.25) is 11.8 Å². The molecule has 0 radical (unpaired) electrons. The predicted octanol–water partition coefficient (Wildman–Crippen LogP) is 2.65. The Morgan fingerprint density at radius 3 is 2.89 bits per heavy atom. The van der Waals surface area contributed by atoms with Crippen LogP contribution in [0.5, 0.6) is 5.88 Å². The standard InChI is InChI=1S/C26H33FN6O3/c1-36-23-11-18(19(27)14-29-23)21-12-22(32-31-21)25(35)33-9-5-16(13-26(33)6-7-26)24(34)30-17-3-2-15-4-8-28-20(15)10-17/h11-12,14-17,20,28H,2-10,13H2,1H3,(H,30,34)(H,31,32)/t15?,16-,17-,20?/m0/s1. The van der Waals surface area contributed by atoms with E-state index in [2.05, 4.69) is 25.8 Å². The monoisotopic (exact) mass is 496 g/mol. The van der Waals surface area contributed by atoms with Crippen LogP contribution in [-0.2, 0) is 4.79 Å². The molecule has 9 nitrogen and oxygen atoms in total. The van der Waals surface area contributed by atoms with Gasteiger partial charge >= 0.3 is 0 Å². The topological polar surface area (TPSA) is 112 Å². The fourth-order valence-corrected chi connectivity index (χ4v) is 6.53. The Morgan fingerprint density at radius 1 is 1.22 bits per heavy atom. The van der Waals surface area contributed by atoms with Gasteiger partial charge in [-0.2, -0.15) is 5.10 Å². The van der Waals surface area contributed by atoms with Crippen LogP contribution < -0.4 is 15.4 Å². The van der Waals surface area contributed by atoms with Gasteiger partial charge in [-0.15, -0.1) is 0 Å². The Balaban J connectivity index is 1.10. The van der Waals surface area contributed by atoms with Crippen molar-refractivity contribution in [3.05, 3.63) is 29.8 Å². The summed E-state index contributed by atoms with van der Waals surface area (Å²) in [7, 11) is 1.46. The second-order valence-corrected chi connectivity index (χ2v) is 10.9. The highest BCUT2D eigenvalue weighted by Gasteiger charge is 2.54. The number of nitrogens with one attached hydrogen (secondary N) is 3. The van der Waals surface area contributed by atoms with Crippen LogP contribution in [0.4, 0.5) is 4.39 Å². The fraction of sp³-hybridized carbons (Fsp3) is 0.615. The Labute approximate surface area is 209 Å². The molecular weight excluding hydrogens is 463 g/mol. The quantitative estimate of drug-likeness (QED) is 0.587. The lowest BCUT2D eigenvalue weighted by Crippen LogP contribution is -2.52. The molecule has 2 aliphatic carbocycles. The lowest BCUT2D eigenvalue weighted by Gasteiger charge is -2.40. The van der Waals surface area contributed by atoms with Crippen molar-refractivity contribution in [2.75, 3.05) is 20.2 Å². The van der Waals surface area contributed by atoms with E-state index in [9.17, 15) is 14.0 Å². The number of ether oxygens (including phenoxy) is 1. The average Bonchev–Trinajstić information content (AvgIpc) is 3.28. The minimum absolute atomic E-state index is 0.0680. The largest absolute Gasteiger partial charge is 0.481 e. The van der Waals surface area contributed by atoms with E-state index >= 15 is 0 Å². The first kappa shape index (κ1) is 23.4. The molecule has 4 heterocycles. The summed E-state index contributed by atoms with van der Waals surface area (Å²) in [6.45, 7) is 1.62. The van der Waals surface area contributed by atoms with Crippen molar-refractivity contribution in [2.45, 2.75) is 69.0 Å². The van der Waals surface area contributed by atoms with E-state index < -0.39 is 5.82 Å². The van der Waals surface area contributed by atoms with Crippen LogP contribution in [0.1, 0.15) is 61.9 Å². The highest BCUT2D eigenvalue weighted by molar-refractivity contribution is 5.94. The number of aromatic amines is 1. The second-order valence-electron chi connectivity index (χ2n) is 10.9. The number of hydrogen-bond acceptors (Lipinski definition) is 6. The van der Waals surface area contributed by atoms with Crippen LogP contribution in [0.2, 0.25) is 0 Å². The van der Waals surface area contributed by atoms with Crippen molar-refractivity contribution in [3.8, 4) is 17.1 Å². The van der Waals surface area contributed by atoms with Crippen LogP contribution in [0.3, 0.4) is 0 Å². The van der Waals surface area contributed by atoms with Crippen molar-refractivity contribution >= 4 is 11.8 Å². The van der Waals surface area contributed by atoms with Gasteiger partial charge in [-0.1, -0.05) is 0 Å². The van der Waals surface area contributed by atoms with Gasteiger partial charge in [0, 0.05) is 41.7 Å². The number of fused-ring (bicyclic) bond motifs is 1. The predicted molar refractivity (Wildman–Crippen MR) is 130 cm³/mol. The maximum absolute atomic E-state index is 14.3. The number of likely N-dealkylation sites (tertiary alicyclic amines) is 1. The first-order valence-corrected chi connectivity index (χ1v) is 13.1. The summed E-state index contributed by atoms with van der Waals surface area (Å²) in [6.07, 6.45) is 8.73. The Bertz CT molecular complexity index is 1160. The van der Waals surface area contributed by atoms with E-state index in [1.807, 2.05) is 4.90 Å². The molecule has 4 atom stereocenters. The SMILES string of the molecule is COc1cc(-c2cc(C(=O)N3CC[C@H](C(=O)N[C@H]4CCC5CCNC5C4)CC34CC4)[nH]n2)c(F)cn1. The molecule has 2 saturated carbocycles. The fourth-order valence-electron chi connectivity index (χ4n) is 6.53. The number of hydrogen-bond donors (Lipinski definition) is 3. The van der Waals surface area contributed by atoms with Gasteiger partial charge in [0.15, 0.2) is 5.82 Å². The summed E-state index contributed by atoms with van der Waals surface area (Å²) >= 11 is 0. The molecule has 2 saturated heterocycles. The number of carbonyl (C=O) groups is 2. The Morgan fingerprint density at radius 2 is 2.08 bits per heavy atom. The van der Waals surface area contributed by atoms with Gasteiger partial charge in [-0.3, -0.25) is 14.7 Å².